The third-order valence-electron chi connectivity index (χ3n) is 7.92. The van der Waals surface area contributed by atoms with Gasteiger partial charge in [0, 0.05) is 26.2 Å². The smallest absolute Gasteiger partial charge is 0.407 e. The van der Waals surface area contributed by atoms with Crippen molar-refractivity contribution in [2.75, 3.05) is 51.8 Å². The molecule has 14 heteroatoms. The van der Waals surface area contributed by atoms with Crippen LogP contribution in [0, 0.1) is 11.8 Å². The Morgan fingerprint density at radius 3 is 2.71 bits per heavy atom. The van der Waals surface area contributed by atoms with Gasteiger partial charge in [-0.15, -0.1) is 0 Å². The number of carbonyl (C=O) groups excluding carboxylic acids is 1. The van der Waals surface area contributed by atoms with E-state index in [2.05, 4.69) is 20.9 Å². The first-order chi connectivity index (χ1) is 21.6. The summed E-state index contributed by atoms with van der Waals surface area (Å²) in [5, 5.41) is 21.4. The van der Waals surface area contributed by atoms with Gasteiger partial charge in [-0.25, -0.2) is 18.2 Å². The van der Waals surface area contributed by atoms with Crippen LogP contribution in [0.3, 0.4) is 0 Å². The number of nitrogens with zero attached hydrogens (tertiary/aromatic N) is 2. The first-order valence-corrected chi connectivity index (χ1v) is 17.6. The summed E-state index contributed by atoms with van der Waals surface area (Å²) < 4.78 is 47.0. The van der Waals surface area contributed by atoms with E-state index < -0.39 is 34.4 Å². The number of rotatable bonds is 15. The minimum atomic E-state index is -4.01. The van der Waals surface area contributed by atoms with E-state index in [1.807, 2.05) is 51.2 Å². The van der Waals surface area contributed by atoms with E-state index in [9.17, 15) is 18.3 Å². The van der Waals surface area contributed by atoms with Gasteiger partial charge in [0.25, 0.3) is 0 Å². The SMILES string of the molecule is CNCCNc1nc2ccc(S(=O)(=O)N(CC(C)C)C[C@@H](O)[C@H](Cc3ccccc3)NC(=O)O[C@H]3CO[C@H]4OCC[C@H]43)cc2s1. The lowest BCUT2D eigenvalue weighted by atomic mass is 10.0. The van der Waals surface area contributed by atoms with Crippen LogP contribution in [0.1, 0.15) is 25.8 Å². The van der Waals surface area contributed by atoms with Crippen LogP contribution in [-0.4, -0.2) is 99.9 Å². The molecule has 3 heterocycles. The highest BCUT2D eigenvalue weighted by Crippen LogP contribution is 2.33. The third kappa shape index (κ3) is 8.50. The molecule has 2 aliphatic rings. The van der Waals surface area contributed by atoms with Gasteiger partial charge < -0.3 is 35.3 Å². The second kappa shape index (κ2) is 15.2. The minimum absolute atomic E-state index is 0.0171. The summed E-state index contributed by atoms with van der Waals surface area (Å²) in [4.78, 5) is 17.8. The Morgan fingerprint density at radius 2 is 1.96 bits per heavy atom. The van der Waals surface area contributed by atoms with Gasteiger partial charge >= 0.3 is 6.09 Å². The molecule has 0 radical (unpaired) electrons. The highest BCUT2D eigenvalue weighted by Gasteiger charge is 2.44. The summed E-state index contributed by atoms with van der Waals surface area (Å²) >= 11 is 1.39. The minimum Gasteiger partial charge on any atom is -0.443 e. The van der Waals surface area contributed by atoms with E-state index in [-0.39, 0.29) is 49.1 Å². The summed E-state index contributed by atoms with van der Waals surface area (Å²) in [5.41, 5.74) is 1.58. The molecule has 1 aromatic heterocycles. The second-order valence-corrected chi connectivity index (χ2v) is 14.8. The molecule has 0 aliphatic carbocycles. The van der Waals surface area contributed by atoms with Gasteiger partial charge in [0.1, 0.15) is 6.10 Å². The van der Waals surface area contributed by atoms with Crippen LogP contribution in [-0.2, 0) is 30.7 Å². The van der Waals surface area contributed by atoms with Crippen molar-refractivity contribution in [3.63, 3.8) is 0 Å². The van der Waals surface area contributed by atoms with Gasteiger partial charge in [-0.2, -0.15) is 4.31 Å². The van der Waals surface area contributed by atoms with Crippen LogP contribution in [0.4, 0.5) is 9.93 Å². The number of fused-ring (bicyclic) bond motifs is 2. The predicted octanol–water partition coefficient (Wildman–Crippen LogP) is 3.03. The lowest BCUT2D eigenvalue weighted by Crippen LogP contribution is -2.51. The average Bonchev–Trinajstić information content (AvgIpc) is 3.73. The van der Waals surface area contributed by atoms with Crippen LogP contribution >= 0.6 is 11.3 Å². The zero-order valence-corrected chi connectivity index (χ0v) is 27.5. The van der Waals surface area contributed by atoms with E-state index in [0.717, 1.165) is 23.2 Å². The first kappa shape index (κ1) is 33.5. The van der Waals surface area contributed by atoms with Gasteiger partial charge in [0.2, 0.25) is 10.0 Å². The molecule has 2 aliphatic heterocycles. The number of likely N-dealkylation sites (N-methyl/N-ethyl adjacent to an activating group) is 1. The molecule has 2 aromatic carbocycles. The number of thiazole rings is 1. The number of anilines is 1. The number of hydrogen-bond acceptors (Lipinski definition) is 11. The molecule has 2 fully saturated rings. The van der Waals surface area contributed by atoms with Gasteiger partial charge in [-0.3, -0.25) is 0 Å². The number of hydrogen-bond donors (Lipinski definition) is 4. The third-order valence-corrected chi connectivity index (χ3v) is 10.7. The number of alkyl carbamates (subject to hydrolysis) is 1. The Hall–Kier alpha value is -2.85. The molecule has 5 atom stereocenters. The van der Waals surface area contributed by atoms with Crippen molar-refractivity contribution in [3.05, 3.63) is 54.1 Å². The summed E-state index contributed by atoms with van der Waals surface area (Å²) in [7, 11) is -2.14. The van der Waals surface area contributed by atoms with Gasteiger partial charge in [-0.05, 0) is 49.6 Å². The van der Waals surface area contributed by atoms with Crippen molar-refractivity contribution in [1.29, 1.82) is 0 Å². The van der Waals surface area contributed by atoms with Gasteiger partial charge in [0.15, 0.2) is 11.4 Å². The van der Waals surface area contributed by atoms with Crippen LogP contribution in [0.15, 0.2) is 53.4 Å². The maximum Gasteiger partial charge on any atom is 0.407 e. The maximum atomic E-state index is 14.0. The summed E-state index contributed by atoms with van der Waals surface area (Å²) in [6.45, 7) is 6.06. The predicted molar refractivity (Wildman–Crippen MR) is 173 cm³/mol. The molecule has 2 saturated heterocycles. The lowest BCUT2D eigenvalue weighted by Gasteiger charge is -2.31. The van der Waals surface area contributed by atoms with Crippen molar-refractivity contribution in [2.45, 2.75) is 56.1 Å². The molecule has 1 amide bonds. The molecule has 5 rings (SSSR count). The Morgan fingerprint density at radius 1 is 1.16 bits per heavy atom. The molecular formula is C31H43N5O7S2. The molecule has 0 unspecified atom stereocenters. The Kier molecular flexibility index (Phi) is 11.3. The van der Waals surface area contributed by atoms with Crippen molar-refractivity contribution in [2.24, 2.45) is 11.8 Å². The summed E-state index contributed by atoms with van der Waals surface area (Å²) in [6, 6.07) is 13.5. The molecule has 4 N–H and O–H groups in total. The molecule has 12 nitrogen and oxygen atoms in total. The number of nitrogens with one attached hydrogen (secondary N) is 3. The Balaban J connectivity index is 1.33. The number of aliphatic hydroxyl groups excluding tert-OH is 1. The van der Waals surface area contributed by atoms with E-state index in [4.69, 9.17) is 14.2 Å². The molecule has 0 spiro atoms. The Labute approximate surface area is 268 Å². The lowest BCUT2D eigenvalue weighted by molar-refractivity contribution is -0.0907. The number of aromatic nitrogens is 1. The topological polar surface area (TPSA) is 151 Å². The maximum absolute atomic E-state index is 14.0. The van der Waals surface area contributed by atoms with Crippen molar-refractivity contribution >= 4 is 42.8 Å². The van der Waals surface area contributed by atoms with E-state index in [0.29, 0.717) is 23.8 Å². The normalized spacial score (nSPS) is 21.2. The van der Waals surface area contributed by atoms with Crippen molar-refractivity contribution in [3.8, 4) is 0 Å². The summed E-state index contributed by atoms with van der Waals surface area (Å²) in [6.07, 6.45) is -1.73. The quantitative estimate of drug-likeness (QED) is 0.179. The zero-order valence-electron chi connectivity index (χ0n) is 25.8. The second-order valence-electron chi connectivity index (χ2n) is 11.9. The fourth-order valence-electron chi connectivity index (χ4n) is 5.62. The molecular weight excluding hydrogens is 619 g/mol. The molecule has 3 aromatic rings. The fourth-order valence-corrected chi connectivity index (χ4v) is 8.27. The number of amides is 1. The number of ether oxygens (including phenoxy) is 3. The number of benzene rings is 2. The van der Waals surface area contributed by atoms with Crippen molar-refractivity contribution in [1.82, 2.24) is 19.9 Å². The van der Waals surface area contributed by atoms with Crippen LogP contribution in [0.5, 0.6) is 0 Å². The molecule has 0 saturated carbocycles. The number of aliphatic hydroxyl groups is 1. The zero-order chi connectivity index (χ0) is 32.0. The standard InChI is InChI=1S/C31H43N5O7S2/c1-20(2)17-36(45(39,40)22-9-10-24-28(16-22)44-30(34-24)33-13-12-32-3)18-26(37)25(15-21-7-5-4-6-8-21)35-31(38)43-27-19-42-29-23(27)11-14-41-29/h4-10,16,20,23,25-27,29,32,37H,11-15,17-19H2,1-3H3,(H,33,34)(H,35,38)/t23-,25-,26+,27-,29+/m0/s1. The van der Waals surface area contributed by atoms with E-state index in [1.165, 1.54) is 15.6 Å². The molecule has 246 valence electrons. The molecule has 45 heavy (non-hydrogen) atoms. The first-order valence-electron chi connectivity index (χ1n) is 15.4. The number of sulfonamides is 1. The largest absolute Gasteiger partial charge is 0.443 e. The Bertz CT molecular complexity index is 1520. The monoisotopic (exact) mass is 661 g/mol. The highest BCUT2D eigenvalue weighted by molar-refractivity contribution is 7.89. The van der Waals surface area contributed by atoms with Crippen LogP contribution < -0.4 is 16.0 Å². The fraction of sp³-hybridized carbons (Fsp3) is 0.548. The molecule has 0 bridgehead atoms. The van der Waals surface area contributed by atoms with E-state index in [1.54, 1.807) is 18.2 Å². The van der Waals surface area contributed by atoms with Crippen LogP contribution in [0.2, 0.25) is 0 Å². The van der Waals surface area contributed by atoms with E-state index >= 15 is 0 Å². The van der Waals surface area contributed by atoms with Gasteiger partial charge in [-0.1, -0.05) is 55.5 Å². The number of carbonyl (C=O) groups is 1. The van der Waals surface area contributed by atoms with Crippen LogP contribution in [0.25, 0.3) is 10.2 Å². The average molecular weight is 662 g/mol. The van der Waals surface area contributed by atoms with Crippen molar-refractivity contribution < 1.29 is 32.5 Å². The highest BCUT2D eigenvalue weighted by atomic mass is 32.2. The summed E-state index contributed by atoms with van der Waals surface area (Å²) in [5.74, 6) is -0.0486. The van der Waals surface area contributed by atoms with Gasteiger partial charge in [0.05, 0.1) is 46.4 Å².